The maximum Gasteiger partial charge on any atom is 0.266 e. The minimum Gasteiger partial charge on any atom is -0.312 e. The summed E-state index contributed by atoms with van der Waals surface area (Å²) in [7, 11) is 1.82. The molecular weight excluding hydrogens is 298 g/mol. The van der Waals surface area contributed by atoms with Crippen LogP contribution in [0.2, 0.25) is 0 Å². The Morgan fingerprint density at radius 3 is 2.50 bits per heavy atom. The number of aliphatic imine (C=N–C) groups is 1. The Morgan fingerprint density at radius 2 is 1.79 bits per heavy atom. The van der Waals surface area contributed by atoms with Crippen molar-refractivity contribution in [2.45, 2.75) is 32.5 Å². The molecule has 1 heterocycles. The van der Waals surface area contributed by atoms with Gasteiger partial charge in [-0.2, -0.15) is 0 Å². The first-order chi connectivity index (χ1) is 11.6. The van der Waals surface area contributed by atoms with Gasteiger partial charge in [-0.05, 0) is 19.4 Å². The van der Waals surface area contributed by atoms with E-state index in [2.05, 4.69) is 19.2 Å². The Bertz CT molecular complexity index is 754. The zero-order chi connectivity index (χ0) is 17.1. The molecule has 2 aromatic rings. The maximum absolute atomic E-state index is 12.9. The fourth-order valence-electron chi connectivity index (χ4n) is 2.84. The van der Waals surface area contributed by atoms with E-state index in [-0.39, 0.29) is 11.9 Å². The van der Waals surface area contributed by atoms with Crippen molar-refractivity contribution in [3.63, 3.8) is 0 Å². The second kappa shape index (κ2) is 6.97. The highest BCUT2D eigenvalue weighted by Gasteiger charge is 2.30. The SMILES string of the molecule is CCC(C)NC1N=C(c2ccccc2)c2ccccc2N(C)C1=O. The summed E-state index contributed by atoms with van der Waals surface area (Å²) in [6.45, 7) is 4.17. The van der Waals surface area contributed by atoms with E-state index in [1.54, 1.807) is 4.90 Å². The summed E-state index contributed by atoms with van der Waals surface area (Å²) in [6.07, 6.45) is 0.365. The minimum atomic E-state index is -0.576. The Kier molecular flexibility index (Phi) is 4.76. The molecule has 0 saturated carbocycles. The molecule has 0 aromatic heterocycles. The summed E-state index contributed by atoms with van der Waals surface area (Å²) < 4.78 is 0. The fraction of sp³-hybridized carbons (Fsp3) is 0.300. The predicted molar refractivity (Wildman–Crippen MR) is 98.6 cm³/mol. The molecule has 0 radical (unpaired) electrons. The molecule has 2 aromatic carbocycles. The fourth-order valence-corrected chi connectivity index (χ4v) is 2.84. The molecule has 0 spiro atoms. The second-order valence-electron chi connectivity index (χ2n) is 6.14. The monoisotopic (exact) mass is 321 g/mol. The number of nitrogens with one attached hydrogen (secondary N) is 1. The average molecular weight is 321 g/mol. The first-order valence-corrected chi connectivity index (χ1v) is 8.38. The molecular formula is C20H23N3O. The Labute approximate surface area is 143 Å². The largest absolute Gasteiger partial charge is 0.312 e. The molecule has 1 amide bonds. The van der Waals surface area contributed by atoms with E-state index in [9.17, 15) is 4.79 Å². The maximum atomic E-state index is 12.9. The van der Waals surface area contributed by atoms with Crippen molar-refractivity contribution in [3.8, 4) is 0 Å². The van der Waals surface area contributed by atoms with Crippen LogP contribution < -0.4 is 10.2 Å². The first-order valence-electron chi connectivity index (χ1n) is 8.38. The number of carbonyl (C=O) groups excluding carboxylic acids is 1. The molecule has 24 heavy (non-hydrogen) atoms. The van der Waals surface area contributed by atoms with Crippen LogP contribution in [0.1, 0.15) is 31.4 Å². The lowest BCUT2D eigenvalue weighted by Gasteiger charge is -2.22. The summed E-state index contributed by atoms with van der Waals surface area (Å²) in [5, 5.41) is 3.34. The molecule has 1 aliphatic heterocycles. The summed E-state index contributed by atoms with van der Waals surface area (Å²) in [5.74, 6) is -0.0336. The normalized spacial score (nSPS) is 18.6. The van der Waals surface area contributed by atoms with E-state index < -0.39 is 6.17 Å². The molecule has 0 aliphatic carbocycles. The number of rotatable bonds is 4. The number of likely N-dealkylation sites (N-methyl/N-ethyl adjacent to an activating group) is 1. The predicted octanol–water partition coefficient (Wildman–Crippen LogP) is 3.21. The van der Waals surface area contributed by atoms with Gasteiger partial charge in [0.15, 0.2) is 6.17 Å². The van der Waals surface area contributed by atoms with E-state index in [4.69, 9.17) is 4.99 Å². The van der Waals surface area contributed by atoms with Gasteiger partial charge in [0.05, 0.1) is 11.4 Å². The number of hydrogen-bond acceptors (Lipinski definition) is 3. The zero-order valence-corrected chi connectivity index (χ0v) is 14.4. The topological polar surface area (TPSA) is 44.7 Å². The summed E-state index contributed by atoms with van der Waals surface area (Å²) in [4.78, 5) is 19.4. The number of benzodiazepines with no additional fused rings is 1. The van der Waals surface area contributed by atoms with Gasteiger partial charge in [-0.1, -0.05) is 55.5 Å². The van der Waals surface area contributed by atoms with Crippen LogP contribution in [0.15, 0.2) is 59.6 Å². The van der Waals surface area contributed by atoms with Crippen LogP contribution in [0.4, 0.5) is 5.69 Å². The molecule has 1 N–H and O–H groups in total. The van der Waals surface area contributed by atoms with Crippen molar-refractivity contribution in [2.75, 3.05) is 11.9 Å². The Balaban J connectivity index is 2.14. The summed E-state index contributed by atoms with van der Waals surface area (Å²) >= 11 is 0. The molecule has 2 atom stereocenters. The van der Waals surface area contributed by atoms with Crippen LogP contribution in [0.3, 0.4) is 0 Å². The molecule has 124 valence electrons. The van der Waals surface area contributed by atoms with Crippen molar-refractivity contribution < 1.29 is 4.79 Å². The van der Waals surface area contributed by atoms with Crippen molar-refractivity contribution in [3.05, 3.63) is 65.7 Å². The zero-order valence-electron chi connectivity index (χ0n) is 14.4. The second-order valence-corrected chi connectivity index (χ2v) is 6.14. The van der Waals surface area contributed by atoms with Gasteiger partial charge in [0.25, 0.3) is 5.91 Å². The molecule has 1 aliphatic rings. The lowest BCUT2D eigenvalue weighted by Crippen LogP contribution is -2.46. The van der Waals surface area contributed by atoms with Gasteiger partial charge < -0.3 is 4.90 Å². The number of para-hydroxylation sites is 1. The highest BCUT2D eigenvalue weighted by molar-refractivity contribution is 6.19. The number of amides is 1. The smallest absolute Gasteiger partial charge is 0.266 e. The van der Waals surface area contributed by atoms with Gasteiger partial charge in [-0.15, -0.1) is 0 Å². The Hall–Kier alpha value is -2.46. The summed E-state index contributed by atoms with van der Waals surface area (Å²) in [5.41, 5.74) is 3.74. The quantitative estimate of drug-likeness (QED) is 0.940. The molecule has 3 rings (SSSR count). The van der Waals surface area contributed by atoms with E-state index in [0.29, 0.717) is 0 Å². The molecule has 2 unspecified atom stereocenters. The third-order valence-corrected chi connectivity index (χ3v) is 4.45. The van der Waals surface area contributed by atoms with Crippen molar-refractivity contribution in [1.29, 1.82) is 0 Å². The van der Waals surface area contributed by atoms with E-state index in [1.807, 2.05) is 61.6 Å². The third-order valence-electron chi connectivity index (χ3n) is 4.45. The van der Waals surface area contributed by atoms with Crippen LogP contribution in [0, 0.1) is 0 Å². The van der Waals surface area contributed by atoms with Gasteiger partial charge in [0.2, 0.25) is 0 Å². The van der Waals surface area contributed by atoms with Crippen LogP contribution in [-0.4, -0.2) is 30.9 Å². The van der Waals surface area contributed by atoms with Crippen LogP contribution in [0.5, 0.6) is 0 Å². The molecule has 0 fully saturated rings. The number of hydrogen-bond donors (Lipinski definition) is 1. The molecule has 4 nitrogen and oxygen atoms in total. The van der Waals surface area contributed by atoms with Gasteiger partial charge in [-0.3, -0.25) is 15.1 Å². The van der Waals surface area contributed by atoms with Crippen LogP contribution >= 0.6 is 0 Å². The highest BCUT2D eigenvalue weighted by Crippen LogP contribution is 2.27. The molecule has 0 saturated heterocycles. The number of fused-ring (bicyclic) bond motifs is 1. The minimum absolute atomic E-state index is 0.0336. The first kappa shape index (κ1) is 16.4. The molecule has 4 heteroatoms. The van der Waals surface area contributed by atoms with Crippen molar-refractivity contribution in [1.82, 2.24) is 5.32 Å². The third kappa shape index (κ3) is 3.10. The summed E-state index contributed by atoms with van der Waals surface area (Å²) in [6, 6.07) is 18.2. The van der Waals surface area contributed by atoms with E-state index in [0.717, 1.165) is 28.9 Å². The van der Waals surface area contributed by atoms with Crippen LogP contribution in [0.25, 0.3) is 0 Å². The van der Waals surface area contributed by atoms with Crippen molar-refractivity contribution in [2.24, 2.45) is 4.99 Å². The van der Waals surface area contributed by atoms with E-state index >= 15 is 0 Å². The molecule has 0 bridgehead atoms. The van der Waals surface area contributed by atoms with Gasteiger partial charge in [0, 0.05) is 24.2 Å². The van der Waals surface area contributed by atoms with Gasteiger partial charge in [-0.25, -0.2) is 0 Å². The van der Waals surface area contributed by atoms with Crippen molar-refractivity contribution >= 4 is 17.3 Å². The van der Waals surface area contributed by atoms with E-state index in [1.165, 1.54) is 0 Å². The lowest BCUT2D eigenvalue weighted by molar-refractivity contribution is -0.120. The lowest BCUT2D eigenvalue weighted by atomic mass is 10.0. The number of benzene rings is 2. The Morgan fingerprint density at radius 1 is 1.12 bits per heavy atom. The number of anilines is 1. The highest BCUT2D eigenvalue weighted by atomic mass is 16.2. The average Bonchev–Trinajstić information content (AvgIpc) is 2.73. The van der Waals surface area contributed by atoms with Crippen LogP contribution in [-0.2, 0) is 4.79 Å². The van der Waals surface area contributed by atoms with Gasteiger partial charge >= 0.3 is 0 Å². The number of nitrogens with zero attached hydrogens (tertiary/aromatic N) is 2. The van der Waals surface area contributed by atoms with Gasteiger partial charge in [0.1, 0.15) is 0 Å². The standard InChI is InChI=1S/C20H23N3O/c1-4-14(2)21-19-20(24)23(3)17-13-9-8-12-16(17)18(22-19)15-10-6-5-7-11-15/h5-14,19,21H,4H2,1-3H3. The number of carbonyl (C=O) groups is 1.